The molecule has 0 radical (unpaired) electrons. The molecule has 74 valence electrons. The van der Waals surface area contributed by atoms with Crippen molar-refractivity contribution in [1.29, 1.82) is 0 Å². The smallest absolute Gasteiger partial charge is 0.0163 e. The summed E-state index contributed by atoms with van der Waals surface area (Å²) >= 11 is 0. The third kappa shape index (κ3) is 8.09. The van der Waals surface area contributed by atoms with E-state index in [4.69, 9.17) is 0 Å². The van der Waals surface area contributed by atoms with Crippen molar-refractivity contribution < 1.29 is 0 Å². The molecule has 0 unspecified atom stereocenters. The van der Waals surface area contributed by atoms with Crippen LogP contribution < -0.4 is 0 Å². The summed E-state index contributed by atoms with van der Waals surface area (Å²) in [7, 11) is 0. The minimum atomic E-state index is 0. The number of allylic oxidation sites excluding steroid dienone is 1. The third-order valence-corrected chi connectivity index (χ3v) is 1.68. The second-order valence-electron chi connectivity index (χ2n) is 2.87. The predicted molar refractivity (Wildman–Crippen MR) is 59.1 cm³/mol. The molecule has 12 heavy (non-hydrogen) atoms. The van der Waals surface area contributed by atoms with Gasteiger partial charge < -0.3 is 0 Å². The van der Waals surface area contributed by atoms with Crippen molar-refractivity contribution in [3.63, 3.8) is 0 Å². The van der Waals surface area contributed by atoms with Gasteiger partial charge in [0.15, 0.2) is 0 Å². The molecule has 0 aliphatic carbocycles. The fourth-order valence-electron chi connectivity index (χ4n) is 1.18. The summed E-state index contributed by atoms with van der Waals surface area (Å²) in [6, 6.07) is 0. The van der Waals surface area contributed by atoms with Crippen molar-refractivity contribution in [2.45, 2.75) is 33.6 Å². The molecule has 0 aromatic carbocycles. The Kier molecular flexibility index (Phi) is 13.3. The van der Waals surface area contributed by atoms with Crippen LogP contribution in [0.5, 0.6) is 0 Å². The van der Waals surface area contributed by atoms with Gasteiger partial charge in [-0.25, -0.2) is 0 Å². The lowest BCUT2D eigenvalue weighted by Crippen LogP contribution is -2.25. The highest BCUT2D eigenvalue weighted by molar-refractivity contribution is 5.85. The van der Waals surface area contributed by atoms with Gasteiger partial charge in [0.05, 0.1) is 0 Å². The predicted octanol–water partition coefficient (Wildman–Crippen LogP) is 3.11. The Labute approximate surface area is 83.2 Å². The molecule has 0 aliphatic rings. The van der Waals surface area contributed by atoms with E-state index in [0.717, 1.165) is 6.54 Å². The van der Waals surface area contributed by atoms with E-state index in [1.807, 2.05) is 0 Å². The number of hydrogen-bond donors (Lipinski definition) is 0. The minimum absolute atomic E-state index is 0. The second kappa shape index (κ2) is 11.0. The van der Waals surface area contributed by atoms with Crippen LogP contribution in [0, 0.1) is 0 Å². The summed E-state index contributed by atoms with van der Waals surface area (Å²) in [5.74, 6) is 0. The Morgan fingerprint density at radius 2 is 1.58 bits per heavy atom. The van der Waals surface area contributed by atoms with Crippen LogP contribution in [0.1, 0.15) is 33.6 Å². The summed E-state index contributed by atoms with van der Waals surface area (Å²) in [6.07, 6.45) is 6.87. The molecule has 0 aromatic heterocycles. The first-order valence-corrected chi connectivity index (χ1v) is 4.68. The van der Waals surface area contributed by atoms with Crippen LogP contribution in [0.25, 0.3) is 0 Å². The van der Waals surface area contributed by atoms with Gasteiger partial charge in [0.25, 0.3) is 0 Å². The molecular formula is C10H22ClN. The maximum Gasteiger partial charge on any atom is 0.0163 e. The van der Waals surface area contributed by atoms with E-state index in [1.165, 1.54) is 25.9 Å². The third-order valence-electron chi connectivity index (χ3n) is 1.68. The standard InChI is InChI=1S/C10H21N.ClH/c1-4-7-10-11(8-5-2)9-6-3;/h4,7H,5-6,8-10H2,1-3H3;1H/b7-4+;. The maximum absolute atomic E-state index is 2.49. The lowest BCUT2D eigenvalue weighted by atomic mass is 10.3. The van der Waals surface area contributed by atoms with Crippen molar-refractivity contribution in [2.24, 2.45) is 0 Å². The highest BCUT2D eigenvalue weighted by Crippen LogP contribution is 1.93. The van der Waals surface area contributed by atoms with Crippen molar-refractivity contribution in [2.75, 3.05) is 19.6 Å². The topological polar surface area (TPSA) is 3.24 Å². The molecule has 0 spiro atoms. The molecule has 2 heteroatoms. The van der Waals surface area contributed by atoms with Gasteiger partial charge in [-0.15, -0.1) is 12.4 Å². The summed E-state index contributed by atoms with van der Waals surface area (Å²) in [4.78, 5) is 2.49. The SMILES string of the molecule is C/C=C/CN(CCC)CCC.Cl. The van der Waals surface area contributed by atoms with Crippen LogP contribution in [0.2, 0.25) is 0 Å². The highest BCUT2D eigenvalue weighted by atomic mass is 35.5. The zero-order chi connectivity index (χ0) is 8.53. The molecule has 1 nitrogen and oxygen atoms in total. The van der Waals surface area contributed by atoms with Crippen LogP contribution >= 0.6 is 12.4 Å². The quantitative estimate of drug-likeness (QED) is 0.584. The summed E-state index contributed by atoms with van der Waals surface area (Å²) in [6.45, 7) is 10.1. The average molecular weight is 192 g/mol. The maximum atomic E-state index is 2.49. The Morgan fingerprint density at radius 1 is 1.08 bits per heavy atom. The summed E-state index contributed by atoms with van der Waals surface area (Å²) in [5, 5.41) is 0. The molecule has 0 rings (SSSR count). The van der Waals surface area contributed by atoms with Gasteiger partial charge in [-0.2, -0.15) is 0 Å². The van der Waals surface area contributed by atoms with Crippen molar-refractivity contribution >= 4 is 12.4 Å². The number of halogens is 1. The molecule has 0 bridgehead atoms. The van der Waals surface area contributed by atoms with E-state index in [-0.39, 0.29) is 12.4 Å². The molecule has 0 aromatic rings. The first kappa shape index (κ1) is 14.5. The average Bonchev–Trinajstić information content (AvgIpc) is 2.01. The molecule has 0 aliphatic heterocycles. The molecule has 0 fully saturated rings. The summed E-state index contributed by atoms with van der Waals surface area (Å²) < 4.78 is 0. The van der Waals surface area contributed by atoms with E-state index >= 15 is 0 Å². The van der Waals surface area contributed by atoms with Crippen LogP contribution in [-0.4, -0.2) is 24.5 Å². The van der Waals surface area contributed by atoms with Gasteiger partial charge in [-0.1, -0.05) is 26.0 Å². The summed E-state index contributed by atoms with van der Waals surface area (Å²) in [5.41, 5.74) is 0. The van der Waals surface area contributed by atoms with Gasteiger partial charge in [0.1, 0.15) is 0 Å². The van der Waals surface area contributed by atoms with Gasteiger partial charge in [0.2, 0.25) is 0 Å². The molecule has 0 N–H and O–H groups in total. The Morgan fingerprint density at radius 3 is 1.92 bits per heavy atom. The first-order valence-electron chi connectivity index (χ1n) is 4.68. The van der Waals surface area contributed by atoms with E-state index in [0.29, 0.717) is 0 Å². The number of rotatable bonds is 6. The zero-order valence-electron chi connectivity index (χ0n) is 8.55. The minimum Gasteiger partial charge on any atom is -0.300 e. The molecule has 0 saturated heterocycles. The molecule has 0 amide bonds. The van der Waals surface area contributed by atoms with E-state index in [9.17, 15) is 0 Å². The van der Waals surface area contributed by atoms with Crippen molar-refractivity contribution in [3.05, 3.63) is 12.2 Å². The highest BCUT2D eigenvalue weighted by Gasteiger charge is 1.97. The van der Waals surface area contributed by atoms with Gasteiger partial charge >= 0.3 is 0 Å². The molecule has 0 saturated carbocycles. The molecular weight excluding hydrogens is 170 g/mol. The van der Waals surface area contributed by atoms with E-state index in [1.54, 1.807) is 0 Å². The van der Waals surface area contributed by atoms with Crippen LogP contribution in [0.15, 0.2) is 12.2 Å². The Hall–Kier alpha value is -0.0100. The first-order chi connectivity index (χ1) is 5.35. The van der Waals surface area contributed by atoms with Crippen LogP contribution in [-0.2, 0) is 0 Å². The van der Waals surface area contributed by atoms with Gasteiger partial charge in [-0.05, 0) is 32.9 Å². The fraction of sp³-hybridized carbons (Fsp3) is 0.800. The normalized spacial score (nSPS) is 10.7. The van der Waals surface area contributed by atoms with Crippen molar-refractivity contribution in [3.8, 4) is 0 Å². The second-order valence-corrected chi connectivity index (χ2v) is 2.87. The lowest BCUT2D eigenvalue weighted by molar-refractivity contribution is 0.303. The largest absolute Gasteiger partial charge is 0.300 e. The molecule has 0 heterocycles. The number of hydrogen-bond acceptors (Lipinski definition) is 1. The van der Waals surface area contributed by atoms with Gasteiger partial charge in [-0.3, -0.25) is 4.90 Å². The number of nitrogens with zero attached hydrogens (tertiary/aromatic N) is 1. The van der Waals surface area contributed by atoms with Crippen molar-refractivity contribution in [1.82, 2.24) is 4.90 Å². The van der Waals surface area contributed by atoms with E-state index < -0.39 is 0 Å². The Balaban J connectivity index is 0. The molecule has 0 atom stereocenters. The van der Waals surface area contributed by atoms with Crippen LogP contribution in [0.4, 0.5) is 0 Å². The Bertz CT molecular complexity index is 96.0. The fourth-order valence-corrected chi connectivity index (χ4v) is 1.18. The van der Waals surface area contributed by atoms with Crippen LogP contribution in [0.3, 0.4) is 0 Å². The lowest BCUT2D eigenvalue weighted by Gasteiger charge is -2.18. The zero-order valence-corrected chi connectivity index (χ0v) is 9.36. The van der Waals surface area contributed by atoms with E-state index in [2.05, 4.69) is 37.8 Å². The van der Waals surface area contributed by atoms with Gasteiger partial charge in [0, 0.05) is 6.54 Å². The monoisotopic (exact) mass is 191 g/mol.